The Bertz CT molecular complexity index is 727. The lowest BCUT2D eigenvalue weighted by molar-refractivity contribution is -0.122. The molecule has 1 aliphatic heterocycles. The van der Waals surface area contributed by atoms with Crippen LogP contribution in [-0.2, 0) is 4.79 Å². The van der Waals surface area contributed by atoms with Crippen molar-refractivity contribution in [3.63, 3.8) is 0 Å². The highest BCUT2D eigenvalue weighted by molar-refractivity contribution is 6.22. The van der Waals surface area contributed by atoms with Gasteiger partial charge < -0.3 is 10.6 Å². The van der Waals surface area contributed by atoms with Gasteiger partial charge in [-0.1, -0.05) is 6.08 Å². The number of hydrogen-bond donors (Lipinski definition) is 2. The van der Waals surface area contributed by atoms with Crippen LogP contribution in [0.15, 0.2) is 30.9 Å². The molecule has 0 unspecified atom stereocenters. The molecule has 0 spiro atoms. The van der Waals surface area contributed by atoms with Gasteiger partial charge in [0.2, 0.25) is 5.91 Å². The van der Waals surface area contributed by atoms with Crippen LogP contribution in [0.5, 0.6) is 0 Å². The van der Waals surface area contributed by atoms with Gasteiger partial charge in [-0.3, -0.25) is 24.1 Å². The molecule has 2 rings (SSSR count). The Hall–Kier alpha value is -2.96. The molecule has 0 saturated carbocycles. The summed E-state index contributed by atoms with van der Waals surface area (Å²) in [7, 11) is 0. The number of nitrogens with zero attached hydrogens (tertiary/aromatic N) is 1. The average molecular weight is 329 g/mol. The van der Waals surface area contributed by atoms with Crippen LogP contribution >= 0.6 is 0 Å². The van der Waals surface area contributed by atoms with E-state index in [1.165, 1.54) is 24.3 Å². The predicted octanol–water partition coefficient (Wildman–Crippen LogP) is 0.723. The van der Waals surface area contributed by atoms with Crippen molar-refractivity contribution in [3.05, 3.63) is 47.5 Å². The molecular formula is C17H19N3O4. The van der Waals surface area contributed by atoms with E-state index < -0.39 is 23.8 Å². The number of carbonyl (C=O) groups is 4. The van der Waals surface area contributed by atoms with Crippen LogP contribution in [0.2, 0.25) is 0 Å². The first-order chi connectivity index (χ1) is 11.4. The number of nitrogens with one attached hydrogen (secondary N) is 2. The molecule has 7 heteroatoms. The zero-order valence-electron chi connectivity index (χ0n) is 13.6. The van der Waals surface area contributed by atoms with Crippen molar-refractivity contribution in [2.75, 3.05) is 13.1 Å². The molecule has 7 nitrogen and oxygen atoms in total. The Kier molecular flexibility index (Phi) is 5.13. The Morgan fingerprint density at radius 2 is 1.92 bits per heavy atom. The molecule has 0 aliphatic carbocycles. The number of fused-ring (bicyclic) bond motifs is 1. The molecule has 0 radical (unpaired) electrons. The molecule has 0 fully saturated rings. The molecule has 0 saturated heterocycles. The smallest absolute Gasteiger partial charge is 0.261 e. The van der Waals surface area contributed by atoms with Crippen molar-refractivity contribution in [2.45, 2.75) is 19.9 Å². The summed E-state index contributed by atoms with van der Waals surface area (Å²) >= 11 is 0. The summed E-state index contributed by atoms with van der Waals surface area (Å²) < 4.78 is 0. The van der Waals surface area contributed by atoms with Crippen LogP contribution in [0.25, 0.3) is 0 Å². The number of carbonyl (C=O) groups excluding carboxylic acids is 4. The van der Waals surface area contributed by atoms with Crippen LogP contribution in [-0.4, -0.2) is 47.7 Å². The van der Waals surface area contributed by atoms with Crippen LogP contribution in [0.1, 0.15) is 44.9 Å². The van der Waals surface area contributed by atoms with E-state index in [1.54, 1.807) is 13.8 Å². The maximum atomic E-state index is 12.2. The predicted molar refractivity (Wildman–Crippen MR) is 87.6 cm³/mol. The van der Waals surface area contributed by atoms with Gasteiger partial charge in [0.15, 0.2) is 0 Å². The third-order valence-corrected chi connectivity index (χ3v) is 3.64. The zero-order chi connectivity index (χ0) is 17.9. The molecule has 1 aliphatic rings. The van der Waals surface area contributed by atoms with E-state index in [4.69, 9.17) is 0 Å². The van der Waals surface area contributed by atoms with Gasteiger partial charge in [-0.25, -0.2) is 0 Å². The number of likely N-dealkylation sites (N-methyl/N-ethyl adjacent to an activating group) is 1. The Balaban J connectivity index is 2.19. The summed E-state index contributed by atoms with van der Waals surface area (Å²) in [5.74, 6) is -1.65. The van der Waals surface area contributed by atoms with E-state index in [1.807, 2.05) is 0 Å². The molecule has 0 aromatic heterocycles. The monoisotopic (exact) mass is 329 g/mol. The lowest BCUT2D eigenvalue weighted by atomic mass is 10.1. The maximum Gasteiger partial charge on any atom is 0.261 e. The van der Waals surface area contributed by atoms with Gasteiger partial charge in [0.1, 0.15) is 6.04 Å². The van der Waals surface area contributed by atoms with Crippen molar-refractivity contribution in [1.29, 1.82) is 0 Å². The second-order valence-corrected chi connectivity index (χ2v) is 5.36. The van der Waals surface area contributed by atoms with Crippen LogP contribution in [0.4, 0.5) is 0 Å². The minimum atomic E-state index is -0.708. The molecule has 1 heterocycles. The lowest BCUT2D eigenvalue weighted by Gasteiger charge is -2.13. The molecule has 4 amide bonds. The van der Waals surface area contributed by atoms with Gasteiger partial charge in [0, 0.05) is 18.7 Å². The Morgan fingerprint density at radius 3 is 2.54 bits per heavy atom. The van der Waals surface area contributed by atoms with Crippen molar-refractivity contribution in [3.8, 4) is 0 Å². The van der Waals surface area contributed by atoms with Crippen molar-refractivity contribution in [2.24, 2.45) is 0 Å². The lowest BCUT2D eigenvalue weighted by Crippen LogP contribution is -2.44. The first kappa shape index (κ1) is 17.4. The van der Waals surface area contributed by atoms with E-state index in [0.717, 1.165) is 4.90 Å². The van der Waals surface area contributed by atoms with E-state index >= 15 is 0 Å². The van der Waals surface area contributed by atoms with Gasteiger partial charge in [-0.05, 0) is 32.0 Å². The summed E-state index contributed by atoms with van der Waals surface area (Å²) in [5, 5.41) is 5.17. The number of rotatable bonds is 6. The van der Waals surface area contributed by atoms with Crippen molar-refractivity contribution in [1.82, 2.24) is 15.5 Å². The standard InChI is InChI=1S/C17H19N3O4/c1-4-8-20-16(23)12-7-6-11(9-13(12)17(20)24)15(22)19-10(3)14(21)18-5-2/h4,6-7,9-10H,1,5,8H2,2-3H3,(H,18,21)(H,19,22)/t10-/m0/s1. The molecule has 0 bridgehead atoms. The van der Waals surface area contributed by atoms with Crippen molar-refractivity contribution < 1.29 is 19.2 Å². The first-order valence-electron chi connectivity index (χ1n) is 7.60. The minimum Gasteiger partial charge on any atom is -0.355 e. The quantitative estimate of drug-likeness (QED) is 0.594. The van der Waals surface area contributed by atoms with Gasteiger partial charge in [0.05, 0.1) is 11.1 Å². The fourth-order valence-electron chi connectivity index (χ4n) is 2.40. The van der Waals surface area contributed by atoms with Gasteiger partial charge in [-0.2, -0.15) is 0 Å². The topological polar surface area (TPSA) is 95.6 Å². The summed E-state index contributed by atoms with van der Waals surface area (Å²) in [6.45, 7) is 7.45. The zero-order valence-corrected chi connectivity index (χ0v) is 13.6. The molecule has 126 valence electrons. The van der Waals surface area contributed by atoms with E-state index in [2.05, 4.69) is 17.2 Å². The number of hydrogen-bond acceptors (Lipinski definition) is 4. The van der Waals surface area contributed by atoms with Gasteiger partial charge in [-0.15, -0.1) is 6.58 Å². The number of imide groups is 1. The second-order valence-electron chi connectivity index (χ2n) is 5.36. The Morgan fingerprint density at radius 1 is 1.25 bits per heavy atom. The summed E-state index contributed by atoms with van der Waals surface area (Å²) in [4.78, 5) is 49.3. The third-order valence-electron chi connectivity index (χ3n) is 3.64. The highest BCUT2D eigenvalue weighted by Crippen LogP contribution is 2.24. The molecule has 24 heavy (non-hydrogen) atoms. The van der Waals surface area contributed by atoms with Gasteiger partial charge >= 0.3 is 0 Å². The SMILES string of the molecule is C=CCN1C(=O)c2ccc(C(=O)N[C@@H](C)C(=O)NCC)cc2C1=O. The highest BCUT2D eigenvalue weighted by atomic mass is 16.2. The fourth-order valence-corrected chi connectivity index (χ4v) is 2.40. The molecular weight excluding hydrogens is 310 g/mol. The van der Waals surface area contributed by atoms with Crippen LogP contribution in [0.3, 0.4) is 0 Å². The summed E-state index contributed by atoms with van der Waals surface area (Å²) in [6.07, 6.45) is 1.46. The highest BCUT2D eigenvalue weighted by Gasteiger charge is 2.35. The average Bonchev–Trinajstić information content (AvgIpc) is 2.80. The third kappa shape index (κ3) is 3.19. The second kappa shape index (κ2) is 7.08. The summed E-state index contributed by atoms with van der Waals surface area (Å²) in [6, 6.07) is 3.57. The normalized spacial score (nSPS) is 14.2. The van der Waals surface area contributed by atoms with Crippen LogP contribution < -0.4 is 10.6 Å². The fraction of sp³-hybridized carbons (Fsp3) is 0.294. The first-order valence-corrected chi connectivity index (χ1v) is 7.60. The molecule has 1 aromatic rings. The largest absolute Gasteiger partial charge is 0.355 e. The van der Waals surface area contributed by atoms with E-state index in [-0.39, 0.29) is 29.1 Å². The molecule has 2 N–H and O–H groups in total. The van der Waals surface area contributed by atoms with E-state index in [9.17, 15) is 19.2 Å². The van der Waals surface area contributed by atoms with E-state index in [0.29, 0.717) is 6.54 Å². The minimum absolute atomic E-state index is 0.113. The van der Waals surface area contributed by atoms with Gasteiger partial charge in [0.25, 0.3) is 17.7 Å². The summed E-state index contributed by atoms with van der Waals surface area (Å²) in [5.41, 5.74) is 0.654. The maximum absolute atomic E-state index is 12.2. The van der Waals surface area contributed by atoms with Crippen LogP contribution in [0, 0.1) is 0 Å². The van der Waals surface area contributed by atoms with Crippen molar-refractivity contribution >= 4 is 23.6 Å². The molecule has 1 atom stereocenters. The number of amides is 4. The Labute approximate surface area is 139 Å². The number of benzene rings is 1. The molecule has 1 aromatic carbocycles.